The molecule has 1 rings (SSSR count). The number of amides is 1. The third kappa shape index (κ3) is 7.97. The summed E-state index contributed by atoms with van der Waals surface area (Å²) in [5.41, 5.74) is 0.487. The second kappa shape index (κ2) is 7.67. The van der Waals surface area contributed by atoms with Crippen LogP contribution < -0.4 is 5.32 Å². The Morgan fingerprint density at radius 3 is 2.38 bits per heavy atom. The first-order valence-corrected chi connectivity index (χ1v) is 6.99. The number of carbonyl (C=O) groups excluding carboxylic acids is 1. The zero-order chi connectivity index (χ0) is 15.9. The Balaban J connectivity index is 2.54. The number of carboxylic acid groups (broad SMARTS) is 1. The van der Waals surface area contributed by atoms with Gasteiger partial charge in [0, 0.05) is 6.54 Å². The fourth-order valence-electron chi connectivity index (χ4n) is 1.95. The highest BCUT2D eigenvalue weighted by Gasteiger charge is 2.19. The van der Waals surface area contributed by atoms with Gasteiger partial charge in [0.1, 0.15) is 5.60 Å². The van der Waals surface area contributed by atoms with E-state index in [1.54, 1.807) is 20.8 Å². The Morgan fingerprint density at radius 2 is 1.86 bits per heavy atom. The molecule has 5 heteroatoms. The molecule has 0 heterocycles. The van der Waals surface area contributed by atoms with Crippen LogP contribution in [0.2, 0.25) is 0 Å². The van der Waals surface area contributed by atoms with Crippen LogP contribution in [0.15, 0.2) is 30.3 Å². The van der Waals surface area contributed by atoms with Gasteiger partial charge in [0.25, 0.3) is 0 Å². The number of hydrogen-bond donors (Lipinski definition) is 2. The molecular weight excluding hydrogens is 270 g/mol. The molecule has 0 aromatic heterocycles. The highest BCUT2D eigenvalue weighted by atomic mass is 16.6. The Bertz CT molecular complexity index is 465. The molecule has 0 saturated heterocycles. The van der Waals surface area contributed by atoms with Gasteiger partial charge in [-0.1, -0.05) is 30.3 Å². The van der Waals surface area contributed by atoms with Gasteiger partial charge in [-0.25, -0.2) is 4.79 Å². The van der Waals surface area contributed by atoms with Crippen LogP contribution in [0.25, 0.3) is 0 Å². The minimum atomic E-state index is -0.873. The number of rotatable bonds is 6. The maximum absolute atomic E-state index is 11.6. The summed E-state index contributed by atoms with van der Waals surface area (Å²) in [5.74, 6) is -1.04. The molecule has 0 aliphatic carbocycles. The molecule has 0 aliphatic heterocycles. The van der Waals surface area contributed by atoms with Crippen LogP contribution in [0.4, 0.5) is 4.79 Å². The van der Waals surface area contributed by atoms with Gasteiger partial charge < -0.3 is 15.2 Å². The van der Waals surface area contributed by atoms with Crippen LogP contribution in [0.5, 0.6) is 0 Å². The van der Waals surface area contributed by atoms with Crippen LogP contribution in [0.3, 0.4) is 0 Å². The van der Waals surface area contributed by atoms with Crippen LogP contribution >= 0.6 is 0 Å². The van der Waals surface area contributed by atoms with E-state index in [-0.39, 0.29) is 18.9 Å². The van der Waals surface area contributed by atoms with E-state index in [0.29, 0.717) is 6.42 Å². The molecule has 0 radical (unpaired) electrons. The van der Waals surface area contributed by atoms with E-state index in [1.165, 1.54) is 0 Å². The summed E-state index contributed by atoms with van der Waals surface area (Å²) in [6.07, 6.45) is 0.0825. The van der Waals surface area contributed by atoms with E-state index in [1.807, 2.05) is 30.3 Å². The average molecular weight is 293 g/mol. The first kappa shape index (κ1) is 17.0. The Hall–Kier alpha value is -2.04. The van der Waals surface area contributed by atoms with Crippen molar-refractivity contribution in [3.63, 3.8) is 0 Å². The predicted molar refractivity (Wildman–Crippen MR) is 80.1 cm³/mol. The van der Waals surface area contributed by atoms with Crippen LogP contribution in [-0.4, -0.2) is 29.3 Å². The van der Waals surface area contributed by atoms with Crippen LogP contribution in [0.1, 0.15) is 32.8 Å². The molecule has 21 heavy (non-hydrogen) atoms. The number of alkyl carbamates (subject to hydrolysis) is 1. The number of hydrogen-bond acceptors (Lipinski definition) is 3. The van der Waals surface area contributed by atoms with Crippen molar-refractivity contribution in [2.75, 3.05) is 6.54 Å². The zero-order valence-electron chi connectivity index (χ0n) is 12.8. The van der Waals surface area contributed by atoms with Crippen molar-refractivity contribution in [1.82, 2.24) is 5.32 Å². The number of ether oxygens (including phenoxy) is 1. The largest absolute Gasteiger partial charge is 0.481 e. The standard InChI is InChI=1S/C16H23NO4/c1-16(2,3)21-15(20)17-11-13(10-14(18)19)9-12-7-5-4-6-8-12/h4-8,13H,9-11H2,1-3H3,(H,17,20)(H,18,19). The molecule has 0 bridgehead atoms. The van der Waals surface area contributed by atoms with E-state index in [9.17, 15) is 9.59 Å². The fraction of sp³-hybridized carbons (Fsp3) is 0.500. The van der Waals surface area contributed by atoms with Gasteiger partial charge in [-0.3, -0.25) is 4.79 Å². The molecule has 5 nitrogen and oxygen atoms in total. The van der Waals surface area contributed by atoms with Gasteiger partial charge in [-0.2, -0.15) is 0 Å². The number of carboxylic acids is 1. The van der Waals surface area contributed by atoms with Gasteiger partial charge in [-0.05, 0) is 38.7 Å². The molecule has 1 unspecified atom stereocenters. The minimum absolute atomic E-state index is 0.00465. The van der Waals surface area contributed by atoms with Crippen molar-refractivity contribution in [3.05, 3.63) is 35.9 Å². The molecular formula is C16H23NO4. The van der Waals surface area contributed by atoms with Crippen molar-refractivity contribution < 1.29 is 19.4 Å². The van der Waals surface area contributed by atoms with Gasteiger partial charge in [0.2, 0.25) is 0 Å². The second-order valence-electron chi connectivity index (χ2n) is 6.04. The summed E-state index contributed by atoms with van der Waals surface area (Å²) in [6.45, 7) is 5.62. The molecule has 116 valence electrons. The lowest BCUT2D eigenvalue weighted by Crippen LogP contribution is -2.36. The van der Waals surface area contributed by atoms with E-state index in [4.69, 9.17) is 9.84 Å². The summed E-state index contributed by atoms with van der Waals surface area (Å²) in [5, 5.41) is 11.6. The molecule has 1 aromatic rings. The lowest BCUT2D eigenvalue weighted by Gasteiger charge is -2.21. The first-order chi connectivity index (χ1) is 9.76. The Kier molecular flexibility index (Phi) is 6.21. The summed E-state index contributed by atoms with van der Waals surface area (Å²) < 4.78 is 5.15. The maximum atomic E-state index is 11.6. The van der Waals surface area contributed by atoms with E-state index in [2.05, 4.69) is 5.32 Å². The van der Waals surface area contributed by atoms with Crippen LogP contribution in [-0.2, 0) is 16.0 Å². The van der Waals surface area contributed by atoms with Crippen molar-refractivity contribution in [2.45, 2.75) is 39.2 Å². The third-order valence-electron chi connectivity index (χ3n) is 2.76. The Labute approximate surface area is 125 Å². The highest BCUT2D eigenvalue weighted by molar-refractivity contribution is 5.69. The van der Waals surface area contributed by atoms with Crippen molar-refractivity contribution in [3.8, 4) is 0 Å². The summed E-state index contributed by atoms with van der Waals surface area (Å²) in [7, 11) is 0. The van der Waals surface area contributed by atoms with E-state index < -0.39 is 17.7 Å². The summed E-state index contributed by atoms with van der Waals surface area (Å²) >= 11 is 0. The van der Waals surface area contributed by atoms with Gasteiger partial charge >= 0.3 is 12.1 Å². The monoisotopic (exact) mass is 293 g/mol. The maximum Gasteiger partial charge on any atom is 0.407 e. The molecule has 1 amide bonds. The highest BCUT2D eigenvalue weighted by Crippen LogP contribution is 2.12. The van der Waals surface area contributed by atoms with Crippen molar-refractivity contribution in [1.29, 1.82) is 0 Å². The van der Waals surface area contributed by atoms with Gasteiger partial charge in [0.15, 0.2) is 0 Å². The predicted octanol–water partition coefficient (Wildman–Crippen LogP) is 2.84. The summed E-state index contributed by atoms with van der Waals surface area (Å²) in [6, 6.07) is 9.63. The van der Waals surface area contributed by atoms with Crippen molar-refractivity contribution in [2.24, 2.45) is 5.92 Å². The number of nitrogens with one attached hydrogen (secondary N) is 1. The quantitative estimate of drug-likeness (QED) is 0.845. The smallest absolute Gasteiger partial charge is 0.407 e. The normalized spacial score (nSPS) is 12.5. The lowest BCUT2D eigenvalue weighted by molar-refractivity contribution is -0.138. The Morgan fingerprint density at radius 1 is 1.24 bits per heavy atom. The third-order valence-corrected chi connectivity index (χ3v) is 2.76. The average Bonchev–Trinajstić information content (AvgIpc) is 2.34. The molecule has 0 fully saturated rings. The topological polar surface area (TPSA) is 75.6 Å². The molecule has 1 aromatic carbocycles. The minimum Gasteiger partial charge on any atom is -0.481 e. The number of carbonyl (C=O) groups is 2. The first-order valence-electron chi connectivity index (χ1n) is 6.99. The number of benzene rings is 1. The molecule has 0 saturated carbocycles. The fourth-order valence-corrected chi connectivity index (χ4v) is 1.95. The SMILES string of the molecule is CC(C)(C)OC(=O)NCC(CC(=O)O)Cc1ccccc1. The van der Waals surface area contributed by atoms with Gasteiger partial charge in [-0.15, -0.1) is 0 Å². The zero-order valence-corrected chi connectivity index (χ0v) is 12.8. The van der Waals surface area contributed by atoms with E-state index in [0.717, 1.165) is 5.56 Å². The van der Waals surface area contributed by atoms with E-state index >= 15 is 0 Å². The second-order valence-corrected chi connectivity index (χ2v) is 6.04. The number of aliphatic carboxylic acids is 1. The molecule has 1 atom stereocenters. The van der Waals surface area contributed by atoms with Crippen molar-refractivity contribution >= 4 is 12.1 Å². The molecule has 0 spiro atoms. The lowest BCUT2D eigenvalue weighted by atomic mass is 9.96. The van der Waals surface area contributed by atoms with Gasteiger partial charge in [0.05, 0.1) is 6.42 Å². The molecule has 2 N–H and O–H groups in total. The summed E-state index contributed by atoms with van der Waals surface area (Å²) in [4.78, 5) is 22.6. The molecule has 0 aliphatic rings. The van der Waals surface area contributed by atoms with Crippen LogP contribution in [0, 0.1) is 5.92 Å².